The number of nitrogens with one attached hydrogen (secondary N) is 1. The molecule has 19 heavy (non-hydrogen) atoms. The summed E-state index contributed by atoms with van der Waals surface area (Å²) in [6, 6.07) is -1.11. The van der Waals surface area contributed by atoms with Crippen molar-refractivity contribution in [2.24, 2.45) is 5.92 Å². The third-order valence-corrected chi connectivity index (χ3v) is 3.39. The van der Waals surface area contributed by atoms with Crippen LogP contribution >= 0.6 is 0 Å². The Balaban J connectivity index is 2.39. The van der Waals surface area contributed by atoms with Crippen molar-refractivity contribution in [3.63, 3.8) is 0 Å². The van der Waals surface area contributed by atoms with Crippen LogP contribution in [0.25, 0.3) is 0 Å². The molecule has 1 heterocycles. The first-order valence-corrected chi connectivity index (χ1v) is 6.86. The van der Waals surface area contributed by atoms with Gasteiger partial charge in [-0.15, -0.1) is 0 Å². The monoisotopic (exact) mass is 272 g/mol. The van der Waals surface area contributed by atoms with Crippen LogP contribution in [0.1, 0.15) is 32.6 Å². The highest BCUT2D eigenvalue weighted by atomic mass is 16.5. The quantitative estimate of drug-likeness (QED) is 0.764. The summed E-state index contributed by atoms with van der Waals surface area (Å²) < 4.78 is 5.27. The highest BCUT2D eigenvalue weighted by Gasteiger charge is 2.23. The molecule has 1 aliphatic heterocycles. The average molecular weight is 272 g/mol. The summed E-state index contributed by atoms with van der Waals surface area (Å²) in [4.78, 5) is 24.5. The molecular formula is C13H24N2O4. The second-order valence-corrected chi connectivity index (χ2v) is 5.07. The summed E-state index contributed by atoms with van der Waals surface area (Å²) in [5.41, 5.74) is 0. The molecule has 2 amide bonds. The first kappa shape index (κ1) is 15.8. The normalized spacial score (nSPS) is 17.8. The molecule has 0 aromatic rings. The molecule has 1 fully saturated rings. The van der Waals surface area contributed by atoms with Crippen molar-refractivity contribution in [1.82, 2.24) is 10.2 Å². The van der Waals surface area contributed by atoms with Crippen LogP contribution in [-0.4, -0.2) is 54.9 Å². The molecule has 0 unspecified atom stereocenters. The van der Waals surface area contributed by atoms with Gasteiger partial charge in [-0.3, -0.25) is 0 Å². The summed E-state index contributed by atoms with van der Waals surface area (Å²) >= 11 is 0. The molecule has 6 nitrogen and oxygen atoms in total. The van der Waals surface area contributed by atoms with Gasteiger partial charge in [0.25, 0.3) is 0 Å². The van der Waals surface area contributed by atoms with E-state index < -0.39 is 12.0 Å². The van der Waals surface area contributed by atoms with E-state index in [9.17, 15) is 9.59 Å². The molecule has 110 valence electrons. The van der Waals surface area contributed by atoms with Crippen LogP contribution in [0.2, 0.25) is 0 Å². The highest BCUT2D eigenvalue weighted by molar-refractivity contribution is 5.82. The van der Waals surface area contributed by atoms with Crippen molar-refractivity contribution in [2.75, 3.05) is 26.8 Å². The number of hydrogen-bond donors (Lipinski definition) is 2. The molecular weight excluding hydrogens is 248 g/mol. The number of amides is 2. The van der Waals surface area contributed by atoms with Crippen molar-refractivity contribution < 1.29 is 19.4 Å². The molecule has 0 saturated carbocycles. The number of ether oxygens (including phenoxy) is 1. The lowest BCUT2D eigenvalue weighted by atomic mass is 10.00. The fourth-order valence-corrected chi connectivity index (χ4v) is 2.20. The summed E-state index contributed by atoms with van der Waals surface area (Å²) in [7, 11) is 1.70. The van der Waals surface area contributed by atoms with Crippen molar-refractivity contribution in [3.8, 4) is 0 Å². The van der Waals surface area contributed by atoms with Gasteiger partial charge in [-0.2, -0.15) is 0 Å². The minimum Gasteiger partial charge on any atom is -0.480 e. The van der Waals surface area contributed by atoms with Gasteiger partial charge in [0.1, 0.15) is 6.04 Å². The van der Waals surface area contributed by atoms with E-state index in [1.165, 1.54) is 0 Å². The third-order valence-electron chi connectivity index (χ3n) is 3.39. The molecule has 0 spiro atoms. The average Bonchev–Trinajstić information content (AvgIpc) is 2.39. The second kappa shape index (κ2) is 7.99. The number of carboxylic acid groups (broad SMARTS) is 1. The molecule has 0 aliphatic carbocycles. The Morgan fingerprint density at radius 2 is 2.05 bits per heavy atom. The zero-order chi connectivity index (χ0) is 14.3. The number of carboxylic acids is 1. The number of aliphatic carboxylic acids is 1. The number of carbonyl (C=O) groups is 2. The van der Waals surface area contributed by atoms with E-state index in [0.29, 0.717) is 18.9 Å². The molecule has 1 saturated heterocycles. The van der Waals surface area contributed by atoms with Gasteiger partial charge in [0, 0.05) is 26.8 Å². The molecule has 0 bridgehead atoms. The van der Waals surface area contributed by atoms with Gasteiger partial charge >= 0.3 is 12.0 Å². The lowest BCUT2D eigenvalue weighted by Crippen LogP contribution is -2.48. The van der Waals surface area contributed by atoms with Crippen molar-refractivity contribution in [3.05, 3.63) is 0 Å². The SMILES string of the molecule is CCC[C@@H](NC(=O)N(C)CC1CCOCC1)C(=O)O. The van der Waals surface area contributed by atoms with Gasteiger partial charge in [-0.05, 0) is 25.2 Å². The zero-order valence-corrected chi connectivity index (χ0v) is 11.7. The lowest BCUT2D eigenvalue weighted by Gasteiger charge is -2.28. The summed E-state index contributed by atoms with van der Waals surface area (Å²) in [5, 5.41) is 11.6. The predicted molar refractivity (Wildman–Crippen MR) is 71.0 cm³/mol. The van der Waals surface area contributed by atoms with Crippen LogP contribution in [0.15, 0.2) is 0 Å². The summed E-state index contributed by atoms with van der Waals surface area (Å²) in [5.74, 6) is -0.534. The molecule has 0 radical (unpaired) electrons. The van der Waals surface area contributed by atoms with Crippen LogP contribution in [0.3, 0.4) is 0 Å². The van der Waals surface area contributed by atoms with Gasteiger partial charge in [0.2, 0.25) is 0 Å². The van der Waals surface area contributed by atoms with Crippen LogP contribution in [0, 0.1) is 5.92 Å². The minimum atomic E-state index is -0.977. The first-order valence-electron chi connectivity index (χ1n) is 6.86. The number of hydrogen-bond acceptors (Lipinski definition) is 3. The van der Waals surface area contributed by atoms with E-state index in [-0.39, 0.29) is 6.03 Å². The fraction of sp³-hybridized carbons (Fsp3) is 0.846. The van der Waals surface area contributed by atoms with E-state index in [1.54, 1.807) is 11.9 Å². The van der Waals surface area contributed by atoms with Crippen LogP contribution in [0.4, 0.5) is 4.79 Å². The first-order chi connectivity index (χ1) is 9.04. The smallest absolute Gasteiger partial charge is 0.326 e. The summed E-state index contributed by atoms with van der Waals surface area (Å²) in [6.07, 6.45) is 3.08. The van der Waals surface area contributed by atoms with Gasteiger partial charge in [-0.25, -0.2) is 9.59 Å². The van der Waals surface area contributed by atoms with E-state index in [1.807, 2.05) is 6.92 Å². The largest absolute Gasteiger partial charge is 0.480 e. The Morgan fingerprint density at radius 3 is 2.58 bits per heavy atom. The van der Waals surface area contributed by atoms with Gasteiger partial charge in [0.15, 0.2) is 0 Å². The molecule has 1 atom stereocenters. The lowest BCUT2D eigenvalue weighted by molar-refractivity contribution is -0.139. The number of rotatable bonds is 6. The number of carbonyl (C=O) groups excluding carboxylic acids is 1. The van der Waals surface area contributed by atoms with E-state index in [0.717, 1.165) is 32.5 Å². The summed E-state index contributed by atoms with van der Waals surface area (Å²) in [6.45, 7) is 4.03. The maximum absolute atomic E-state index is 11.9. The van der Waals surface area contributed by atoms with Crippen molar-refractivity contribution in [1.29, 1.82) is 0 Å². The molecule has 0 aromatic heterocycles. The van der Waals surface area contributed by atoms with E-state index in [2.05, 4.69) is 5.32 Å². The van der Waals surface area contributed by atoms with E-state index >= 15 is 0 Å². The molecule has 0 aromatic carbocycles. The Hall–Kier alpha value is -1.30. The Labute approximate surface area is 114 Å². The molecule has 6 heteroatoms. The molecule has 2 N–H and O–H groups in total. The topological polar surface area (TPSA) is 78.9 Å². The van der Waals surface area contributed by atoms with E-state index in [4.69, 9.17) is 9.84 Å². The standard InChI is InChI=1S/C13H24N2O4/c1-3-4-11(12(16)17)14-13(18)15(2)9-10-5-7-19-8-6-10/h10-11H,3-9H2,1-2H3,(H,14,18)(H,16,17)/t11-/m1/s1. The maximum Gasteiger partial charge on any atom is 0.326 e. The third kappa shape index (κ3) is 5.46. The highest BCUT2D eigenvalue weighted by Crippen LogP contribution is 2.15. The maximum atomic E-state index is 11.9. The number of nitrogens with zero attached hydrogens (tertiary/aromatic N) is 1. The molecule has 1 aliphatic rings. The Bertz CT molecular complexity index is 303. The zero-order valence-electron chi connectivity index (χ0n) is 11.7. The minimum absolute atomic E-state index is 0.313. The van der Waals surface area contributed by atoms with Crippen LogP contribution < -0.4 is 5.32 Å². The van der Waals surface area contributed by atoms with Crippen molar-refractivity contribution in [2.45, 2.75) is 38.6 Å². The predicted octanol–water partition coefficient (Wildman–Crippen LogP) is 1.31. The van der Waals surface area contributed by atoms with Crippen LogP contribution in [-0.2, 0) is 9.53 Å². The number of urea groups is 1. The Kier molecular flexibility index (Phi) is 6.62. The fourth-order valence-electron chi connectivity index (χ4n) is 2.20. The second-order valence-electron chi connectivity index (χ2n) is 5.07. The van der Waals surface area contributed by atoms with Crippen molar-refractivity contribution >= 4 is 12.0 Å². The van der Waals surface area contributed by atoms with Gasteiger partial charge < -0.3 is 20.1 Å². The molecule has 1 rings (SSSR count). The van der Waals surface area contributed by atoms with Crippen LogP contribution in [0.5, 0.6) is 0 Å². The van der Waals surface area contributed by atoms with Gasteiger partial charge in [-0.1, -0.05) is 13.3 Å². The van der Waals surface area contributed by atoms with Gasteiger partial charge in [0.05, 0.1) is 0 Å². The Morgan fingerprint density at radius 1 is 1.42 bits per heavy atom.